The molecule has 4 N–H and O–H groups in total. The molecule has 7 nitrogen and oxygen atoms in total. The zero-order valence-corrected chi connectivity index (χ0v) is 11.8. The minimum atomic E-state index is -3.82. The SMILES string of the molecule is NS(=O)(=O)C1CC(=O)N(c2cc(B(O)O)ccc2Cl)C1. The number of primary sulfonamides is 1. The highest BCUT2D eigenvalue weighted by Gasteiger charge is 2.38. The number of carbonyl (C=O) groups excluding carboxylic acids is 1. The van der Waals surface area contributed by atoms with Crippen LogP contribution in [0.5, 0.6) is 0 Å². The molecule has 1 aromatic carbocycles. The van der Waals surface area contributed by atoms with Gasteiger partial charge >= 0.3 is 7.12 Å². The van der Waals surface area contributed by atoms with Crippen LogP contribution in [0.25, 0.3) is 0 Å². The molecule has 0 bridgehead atoms. The molecule has 1 fully saturated rings. The van der Waals surface area contributed by atoms with Gasteiger partial charge in [0.25, 0.3) is 0 Å². The second kappa shape index (κ2) is 5.34. The number of nitrogens with two attached hydrogens (primary N) is 1. The van der Waals surface area contributed by atoms with Crippen LogP contribution >= 0.6 is 11.6 Å². The molecule has 1 amide bonds. The zero-order chi connectivity index (χ0) is 15.1. The van der Waals surface area contributed by atoms with Gasteiger partial charge in [0.15, 0.2) is 0 Å². The van der Waals surface area contributed by atoms with Gasteiger partial charge in [-0.15, -0.1) is 0 Å². The minimum Gasteiger partial charge on any atom is -0.423 e. The molecule has 0 radical (unpaired) electrons. The summed E-state index contributed by atoms with van der Waals surface area (Å²) in [6.45, 7) is -0.109. The van der Waals surface area contributed by atoms with Crippen LogP contribution in [-0.2, 0) is 14.8 Å². The van der Waals surface area contributed by atoms with E-state index in [1.807, 2.05) is 0 Å². The summed E-state index contributed by atoms with van der Waals surface area (Å²) >= 11 is 5.97. The molecule has 0 aromatic heterocycles. The molecule has 1 aliphatic heterocycles. The van der Waals surface area contributed by atoms with Gasteiger partial charge in [-0.05, 0) is 17.6 Å². The highest BCUT2D eigenvalue weighted by Crippen LogP contribution is 2.29. The molecule has 1 aliphatic rings. The molecule has 1 aromatic rings. The van der Waals surface area contributed by atoms with E-state index in [4.69, 9.17) is 26.8 Å². The Morgan fingerprint density at radius 1 is 1.40 bits per heavy atom. The lowest BCUT2D eigenvalue weighted by Gasteiger charge is -2.19. The Labute approximate surface area is 121 Å². The fraction of sp³-hybridized carbons (Fsp3) is 0.300. The van der Waals surface area contributed by atoms with E-state index in [1.54, 1.807) is 0 Å². The van der Waals surface area contributed by atoms with Crippen molar-refractivity contribution in [3.63, 3.8) is 0 Å². The van der Waals surface area contributed by atoms with E-state index < -0.39 is 28.3 Å². The molecular formula is C10H12BClN2O5S. The van der Waals surface area contributed by atoms with Crippen molar-refractivity contribution in [2.45, 2.75) is 11.7 Å². The number of carbonyl (C=O) groups is 1. The number of halogens is 1. The number of sulfonamides is 1. The summed E-state index contributed by atoms with van der Waals surface area (Å²) in [5.41, 5.74) is 0.379. The maximum atomic E-state index is 11.9. The summed E-state index contributed by atoms with van der Waals surface area (Å²) in [7, 11) is -5.53. The molecular weight excluding hydrogens is 306 g/mol. The van der Waals surface area contributed by atoms with Crippen molar-refractivity contribution in [2.75, 3.05) is 11.4 Å². The lowest BCUT2D eigenvalue weighted by molar-refractivity contribution is -0.117. The van der Waals surface area contributed by atoms with E-state index in [1.165, 1.54) is 23.1 Å². The molecule has 108 valence electrons. The molecule has 0 spiro atoms. The van der Waals surface area contributed by atoms with Crippen molar-refractivity contribution >= 4 is 45.8 Å². The number of hydrogen-bond donors (Lipinski definition) is 3. The summed E-state index contributed by atoms with van der Waals surface area (Å²) in [5.74, 6) is -0.435. The van der Waals surface area contributed by atoms with Crippen LogP contribution in [0.15, 0.2) is 18.2 Å². The van der Waals surface area contributed by atoms with Crippen LogP contribution in [-0.4, -0.2) is 43.3 Å². The molecule has 20 heavy (non-hydrogen) atoms. The third-order valence-electron chi connectivity index (χ3n) is 3.11. The largest absolute Gasteiger partial charge is 0.488 e. The standard InChI is InChI=1S/C10H12BClN2O5S/c12-8-2-1-6(11(16)17)3-9(8)14-5-7(4-10(14)15)20(13,18)19/h1-3,7,16-17H,4-5H2,(H2,13,18,19). The summed E-state index contributed by atoms with van der Waals surface area (Å²) in [6.07, 6.45) is -0.221. The van der Waals surface area contributed by atoms with Gasteiger partial charge in [0.05, 0.1) is 10.7 Å². The molecule has 10 heteroatoms. The smallest absolute Gasteiger partial charge is 0.423 e. The Kier molecular flexibility index (Phi) is 4.08. The van der Waals surface area contributed by atoms with Crippen molar-refractivity contribution in [3.8, 4) is 0 Å². The zero-order valence-electron chi connectivity index (χ0n) is 10.2. The average molecular weight is 319 g/mol. The number of amides is 1. The van der Waals surface area contributed by atoms with Gasteiger partial charge in [-0.25, -0.2) is 13.6 Å². The lowest BCUT2D eigenvalue weighted by atomic mass is 9.80. The first-order chi connectivity index (χ1) is 9.20. The van der Waals surface area contributed by atoms with E-state index in [-0.39, 0.29) is 29.1 Å². The van der Waals surface area contributed by atoms with Crippen LogP contribution in [0.2, 0.25) is 5.02 Å². The maximum Gasteiger partial charge on any atom is 0.488 e. The summed E-state index contributed by atoms with van der Waals surface area (Å²) in [5, 5.41) is 22.5. The number of benzene rings is 1. The van der Waals surface area contributed by atoms with Crippen molar-refractivity contribution < 1.29 is 23.3 Å². The van der Waals surface area contributed by atoms with Crippen LogP contribution in [0, 0.1) is 0 Å². The van der Waals surface area contributed by atoms with E-state index >= 15 is 0 Å². The predicted octanol–water partition coefficient (Wildman–Crippen LogP) is -1.59. The Bertz CT molecular complexity index is 651. The second-order valence-electron chi connectivity index (χ2n) is 4.50. The first-order valence-corrected chi connectivity index (χ1v) is 7.66. The normalized spacial score (nSPS) is 19.5. The summed E-state index contributed by atoms with van der Waals surface area (Å²) in [4.78, 5) is 13.1. The molecule has 1 saturated heterocycles. The lowest BCUT2D eigenvalue weighted by Crippen LogP contribution is -2.34. The predicted molar refractivity (Wildman–Crippen MR) is 75.1 cm³/mol. The number of nitrogens with zero attached hydrogens (tertiary/aromatic N) is 1. The fourth-order valence-corrected chi connectivity index (χ4v) is 2.98. The Morgan fingerprint density at radius 2 is 2.05 bits per heavy atom. The highest BCUT2D eigenvalue weighted by atomic mass is 35.5. The topological polar surface area (TPSA) is 121 Å². The molecule has 1 atom stereocenters. The Morgan fingerprint density at radius 3 is 2.55 bits per heavy atom. The highest BCUT2D eigenvalue weighted by molar-refractivity contribution is 7.89. The quantitative estimate of drug-likeness (QED) is 0.580. The number of hydrogen-bond acceptors (Lipinski definition) is 5. The first kappa shape index (κ1) is 15.3. The van der Waals surface area contributed by atoms with Gasteiger partial charge in [0, 0.05) is 13.0 Å². The number of rotatable bonds is 3. The molecule has 0 saturated carbocycles. The van der Waals surface area contributed by atoms with Gasteiger partial charge in [-0.2, -0.15) is 0 Å². The Balaban J connectivity index is 2.37. The van der Waals surface area contributed by atoms with Gasteiger partial charge in [-0.1, -0.05) is 17.7 Å². The van der Waals surface area contributed by atoms with Crippen LogP contribution in [0.4, 0.5) is 5.69 Å². The van der Waals surface area contributed by atoms with E-state index in [2.05, 4.69) is 0 Å². The monoisotopic (exact) mass is 318 g/mol. The average Bonchev–Trinajstić information content (AvgIpc) is 2.71. The van der Waals surface area contributed by atoms with Gasteiger partial charge in [0.1, 0.15) is 5.25 Å². The Hall–Kier alpha value is -1.13. The molecule has 2 rings (SSSR count). The van der Waals surface area contributed by atoms with Crippen LogP contribution in [0.3, 0.4) is 0 Å². The molecule has 1 unspecified atom stereocenters. The third-order valence-corrected chi connectivity index (χ3v) is 4.68. The van der Waals surface area contributed by atoms with Crippen LogP contribution in [0.1, 0.15) is 6.42 Å². The van der Waals surface area contributed by atoms with E-state index in [0.717, 1.165) is 0 Å². The second-order valence-corrected chi connectivity index (χ2v) is 6.76. The van der Waals surface area contributed by atoms with Gasteiger partial charge in [0.2, 0.25) is 15.9 Å². The molecule has 0 aliphatic carbocycles. The minimum absolute atomic E-state index is 0.109. The fourth-order valence-electron chi connectivity index (χ4n) is 2.02. The summed E-state index contributed by atoms with van der Waals surface area (Å²) in [6, 6.07) is 4.13. The van der Waals surface area contributed by atoms with Crippen molar-refractivity contribution in [3.05, 3.63) is 23.2 Å². The van der Waals surface area contributed by atoms with E-state index in [0.29, 0.717) is 0 Å². The van der Waals surface area contributed by atoms with Gasteiger partial charge in [-0.3, -0.25) is 4.79 Å². The van der Waals surface area contributed by atoms with E-state index in [9.17, 15) is 13.2 Å². The first-order valence-electron chi connectivity index (χ1n) is 5.67. The van der Waals surface area contributed by atoms with Crippen molar-refractivity contribution in [2.24, 2.45) is 5.14 Å². The number of anilines is 1. The van der Waals surface area contributed by atoms with Crippen LogP contribution < -0.4 is 15.5 Å². The van der Waals surface area contributed by atoms with Gasteiger partial charge < -0.3 is 14.9 Å². The van der Waals surface area contributed by atoms with Crippen molar-refractivity contribution in [1.82, 2.24) is 0 Å². The third kappa shape index (κ3) is 2.96. The maximum absolute atomic E-state index is 11.9. The summed E-state index contributed by atoms with van der Waals surface area (Å²) < 4.78 is 22.6. The molecule has 1 heterocycles. The van der Waals surface area contributed by atoms with Crippen molar-refractivity contribution in [1.29, 1.82) is 0 Å².